The van der Waals surface area contributed by atoms with Gasteiger partial charge in [0.25, 0.3) is 0 Å². The van der Waals surface area contributed by atoms with Crippen molar-refractivity contribution < 1.29 is 13.2 Å². The molecule has 4 heteroatoms. The lowest BCUT2D eigenvalue weighted by atomic mass is 10.1. The molecule has 1 nitrogen and oxygen atoms in total. The molecule has 1 fully saturated rings. The maximum atomic E-state index is 12.5. The Labute approximate surface area is 109 Å². The molecule has 2 aromatic carbocycles. The zero-order valence-corrected chi connectivity index (χ0v) is 10.1. The standard InChI is InChI=1S/C15H12F3N/c16-15(17,18)12-6-8-13(9-7-12)19-10-14(19)11-4-2-1-3-5-11/h1-9,14H,10H2/t14-,19?/m1/s1. The fourth-order valence-corrected chi connectivity index (χ4v) is 2.23. The summed E-state index contributed by atoms with van der Waals surface area (Å²) in [5, 5.41) is 0. The van der Waals surface area contributed by atoms with Gasteiger partial charge in [0.05, 0.1) is 11.6 Å². The fraction of sp³-hybridized carbons (Fsp3) is 0.200. The Morgan fingerprint density at radius 3 is 2.11 bits per heavy atom. The molecule has 0 N–H and O–H groups in total. The van der Waals surface area contributed by atoms with Crippen LogP contribution in [0.2, 0.25) is 0 Å². The molecule has 1 saturated heterocycles. The van der Waals surface area contributed by atoms with Crippen molar-refractivity contribution in [3.05, 3.63) is 65.7 Å². The van der Waals surface area contributed by atoms with Gasteiger partial charge in [-0.05, 0) is 29.8 Å². The van der Waals surface area contributed by atoms with E-state index in [9.17, 15) is 13.2 Å². The fourth-order valence-electron chi connectivity index (χ4n) is 2.23. The normalized spacial score (nSPS) is 18.5. The average molecular weight is 263 g/mol. The Kier molecular flexibility index (Phi) is 2.73. The number of hydrogen-bond donors (Lipinski definition) is 0. The van der Waals surface area contributed by atoms with Crippen LogP contribution in [0.25, 0.3) is 0 Å². The first kappa shape index (κ1) is 12.1. The second-order valence-corrected chi connectivity index (χ2v) is 4.62. The second kappa shape index (κ2) is 4.30. The Hall–Kier alpha value is -1.97. The van der Waals surface area contributed by atoms with Crippen molar-refractivity contribution in [3.63, 3.8) is 0 Å². The van der Waals surface area contributed by atoms with Crippen molar-refractivity contribution in [3.8, 4) is 0 Å². The first-order chi connectivity index (χ1) is 9.05. The van der Waals surface area contributed by atoms with Gasteiger partial charge < -0.3 is 4.90 Å². The Morgan fingerprint density at radius 2 is 1.53 bits per heavy atom. The summed E-state index contributed by atoms with van der Waals surface area (Å²) in [6.07, 6.45) is -4.27. The highest BCUT2D eigenvalue weighted by Crippen LogP contribution is 2.40. The summed E-state index contributed by atoms with van der Waals surface area (Å²) in [5.41, 5.74) is 1.43. The molecule has 98 valence electrons. The van der Waals surface area contributed by atoms with E-state index >= 15 is 0 Å². The van der Waals surface area contributed by atoms with Gasteiger partial charge in [-0.2, -0.15) is 13.2 Å². The number of halogens is 3. The zero-order chi connectivity index (χ0) is 13.5. The molecule has 3 rings (SSSR count). The first-order valence-electron chi connectivity index (χ1n) is 6.04. The lowest BCUT2D eigenvalue weighted by Crippen LogP contribution is -2.04. The molecule has 0 bridgehead atoms. The van der Waals surface area contributed by atoms with E-state index in [4.69, 9.17) is 0 Å². The van der Waals surface area contributed by atoms with Gasteiger partial charge in [-0.1, -0.05) is 30.3 Å². The summed E-state index contributed by atoms with van der Waals surface area (Å²) in [6.45, 7) is 0.857. The average Bonchev–Trinajstić information content (AvgIpc) is 3.19. The number of hydrogen-bond acceptors (Lipinski definition) is 1. The Morgan fingerprint density at radius 1 is 0.895 bits per heavy atom. The predicted octanol–water partition coefficient (Wildman–Crippen LogP) is 4.27. The third kappa shape index (κ3) is 2.43. The summed E-state index contributed by atoms with van der Waals surface area (Å²) in [7, 11) is 0. The van der Waals surface area contributed by atoms with Gasteiger partial charge in [0.2, 0.25) is 0 Å². The molecule has 0 unspecified atom stereocenters. The molecular formula is C15H12F3N. The van der Waals surface area contributed by atoms with E-state index in [1.165, 1.54) is 17.7 Å². The van der Waals surface area contributed by atoms with Crippen LogP contribution >= 0.6 is 0 Å². The highest BCUT2D eigenvalue weighted by atomic mass is 19.4. The van der Waals surface area contributed by atoms with Crippen LogP contribution in [0, 0.1) is 0 Å². The van der Waals surface area contributed by atoms with E-state index in [0.29, 0.717) is 0 Å². The number of benzene rings is 2. The molecule has 0 aliphatic carbocycles. The lowest BCUT2D eigenvalue weighted by Gasteiger charge is -2.09. The second-order valence-electron chi connectivity index (χ2n) is 4.62. The third-order valence-electron chi connectivity index (χ3n) is 3.32. The van der Waals surface area contributed by atoms with E-state index in [1.807, 2.05) is 30.3 Å². The van der Waals surface area contributed by atoms with Crippen molar-refractivity contribution >= 4 is 5.69 Å². The molecule has 0 saturated carbocycles. The monoisotopic (exact) mass is 263 g/mol. The lowest BCUT2D eigenvalue weighted by molar-refractivity contribution is -0.137. The van der Waals surface area contributed by atoms with Gasteiger partial charge in [-0.15, -0.1) is 0 Å². The number of rotatable bonds is 2. The molecule has 1 heterocycles. The molecule has 0 radical (unpaired) electrons. The Balaban J connectivity index is 1.76. The molecule has 1 atom stereocenters. The Bertz CT molecular complexity index is 560. The highest BCUT2D eigenvalue weighted by Gasteiger charge is 2.36. The van der Waals surface area contributed by atoms with Crippen molar-refractivity contribution in [2.45, 2.75) is 12.2 Å². The van der Waals surface area contributed by atoms with E-state index in [-0.39, 0.29) is 6.04 Å². The smallest absolute Gasteiger partial charge is 0.360 e. The number of nitrogens with zero attached hydrogens (tertiary/aromatic N) is 1. The van der Waals surface area contributed by atoms with Gasteiger partial charge in [-0.25, -0.2) is 0 Å². The molecule has 19 heavy (non-hydrogen) atoms. The largest absolute Gasteiger partial charge is 0.416 e. The topological polar surface area (TPSA) is 3.01 Å². The minimum absolute atomic E-state index is 0.290. The summed E-state index contributed by atoms with van der Waals surface area (Å²) in [4.78, 5) is 2.08. The van der Waals surface area contributed by atoms with Crippen LogP contribution in [0.3, 0.4) is 0 Å². The quantitative estimate of drug-likeness (QED) is 0.731. The number of anilines is 1. The van der Waals surface area contributed by atoms with E-state index in [2.05, 4.69) is 4.90 Å². The minimum atomic E-state index is -4.27. The number of alkyl halides is 3. The maximum Gasteiger partial charge on any atom is 0.416 e. The summed E-state index contributed by atoms with van der Waals surface area (Å²) in [6, 6.07) is 15.6. The van der Waals surface area contributed by atoms with Crippen LogP contribution in [0.5, 0.6) is 0 Å². The molecular weight excluding hydrogens is 251 g/mol. The first-order valence-corrected chi connectivity index (χ1v) is 6.04. The van der Waals surface area contributed by atoms with E-state index in [1.54, 1.807) is 0 Å². The minimum Gasteiger partial charge on any atom is -0.360 e. The van der Waals surface area contributed by atoms with Gasteiger partial charge >= 0.3 is 6.18 Å². The summed E-state index contributed by atoms with van der Waals surface area (Å²) < 4.78 is 37.4. The van der Waals surface area contributed by atoms with Crippen LogP contribution in [-0.2, 0) is 6.18 Å². The van der Waals surface area contributed by atoms with Crippen molar-refractivity contribution in [1.82, 2.24) is 0 Å². The molecule has 0 spiro atoms. The van der Waals surface area contributed by atoms with Crippen molar-refractivity contribution in [2.75, 3.05) is 11.4 Å². The van der Waals surface area contributed by atoms with Gasteiger partial charge in [0, 0.05) is 12.2 Å². The van der Waals surface area contributed by atoms with Crippen LogP contribution in [0.4, 0.5) is 18.9 Å². The highest BCUT2D eigenvalue weighted by molar-refractivity contribution is 5.57. The van der Waals surface area contributed by atoms with Crippen LogP contribution in [0.1, 0.15) is 17.2 Å². The molecule has 1 aliphatic rings. The van der Waals surface area contributed by atoms with E-state index in [0.717, 1.165) is 24.4 Å². The predicted molar refractivity (Wildman–Crippen MR) is 68.0 cm³/mol. The summed E-state index contributed by atoms with van der Waals surface area (Å²) in [5.74, 6) is 0. The molecule has 2 aromatic rings. The van der Waals surface area contributed by atoms with Crippen LogP contribution in [0.15, 0.2) is 54.6 Å². The summed E-state index contributed by atoms with van der Waals surface area (Å²) >= 11 is 0. The SMILES string of the molecule is FC(F)(F)c1ccc(N2C[C@@H]2c2ccccc2)cc1. The van der Waals surface area contributed by atoms with Crippen LogP contribution in [-0.4, -0.2) is 6.54 Å². The maximum absolute atomic E-state index is 12.5. The molecule has 0 amide bonds. The van der Waals surface area contributed by atoms with Gasteiger partial charge in [0.15, 0.2) is 0 Å². The van der Waals surface area contributed by atoms with Crippen molar-refractivity contribution in [1.29, 1.82) is 0 Å². The van der Waals surface area contributed by atoms with Crippen LogP contribution < -0.4 is 4.90 Å². The van der Waals surface area contributed by atoms with Gasteiger partial charge in [-0.3, -0.25) is 0 Å². The zero-order valence-electron chi connectivity index (χ0n) is 10.1. The third-order valence-corrected chi connectivity index (χ3v) is 3.32. The van der Waals surface area contributed by atoms with Crippen molar-refractivity contribution in [2.24, 2.45) is 0 Å². The van der Waals surface area contributed by atoms with E-state index < -0.39 is 11.7 Å². The van der Waals surface area contributed by atoms with Gasteiger partial charge in [0.1, 0.15) is 0 Å². The molecule has 0 aromatic heterocycles. The molecule has 1 aliphatic heterocycles.